The van der Waals surface area contributed by atoms with Crippen molar-refractivity contribution < 1.29 is 4.42 Å². The second-order valence-corrected chi connectivity index (χ2v) is 7.84. The van der Waals surface area contributed by atoms with Gasteiger partial charge in [0.15, 0.2) is 0 Å². The van der Waals surface area contributed by atoms with Crippen molar-refractivity contribution in [1.29, 1.82) is 0 Å². The fourth-order valence-corrected chi connectivity index (χ4v) is 3.68. The topological polar surface area (TPSA) is 49.9 Å². The number of benzene rings is 1. The van der Waals surface area contributed by atoms with E-state index in [-0.39, 0.29) is 6.04 Å². The average molecular weight is 404 g/mol. The van der Waals surface area contributed by atoms with Crippen molar-refractivity contribution in [2.45, 2.75) is 31.2 Å². The Morgan fingerprint density at radius 1 is 1.31 bits per heavy atom. The van der Waals surface area contributed by atoms with E-state index in [0.29, 0.717) is 0 Å². The number of thioether (sulfide) groups is 1. The minimum atomic E-state index is 0.169. The second-order valence-electron chi connectivity index (χ2n) is 6.79. The summed E-state index contributed by atoms with van der Waals surface area (Å²) in [6.45, 7) is 11.9. The molecule has 1 aromatic heterocycles. The third-order valence-corrected chi connectivity index (χ3v) is 5.25. The van der Waals surface area contributed by atoms with Crippen LogP contribution < -0.4 is 5.32 Å². The minimum Gasteiger partial charge on any atom is -0.464 e. The smallest absolute Gasteiger partial charge is 0.136 e. The molecule has 0 amide bonds. The largest absolute Gasteiger partial charge is 0.464 e. The van der Waals surface area contributed by atoms with Crippen LogP contribution in [0.25, 0.3) is 5.57 Å². The molecule has 0 aliphatic carbocycles. The van der Waals surface area contributed by atoms with Gasteiger partial charge in [-0.15, -0.1) is 17.5 Å². The second kappa shape index (κ2) is 9.97. The van der Waals surface area contributed by atoms with Crippen LogP contribution in [0.4, 0.5) is 0 Å². The maximum atomic E-state index is 5.53. The zero-order valence-corrected chi connectivity index (χ0v) is 17.6. The van der Waals surface area contributed by atoms with Gasteiger partial charge in [-0.1, -0.05) is 31.4 Å². The molecule has 2 aromatic rings. The molecule has 29 heavy (non-hydrogen) atoms. The van der Waals surface area contributed by atoms with Crippen molar-refractivity contribution in [3.8, 4) is 0 Å². The zero-order valence-electron chi connectivity index (χ0n) is 16.8. The molecule has 1 N–H and O–H groups in total. The lowest BCUT2D eigenvalue weighted by atomic mass is 10.1. The first-order valence-corrected chi connectivity index (χ1v) is 10.4. The number of aliphatic imine (C=N–C) groups is 2. The van der Waals surface area contributed by atoms with Crippen LogP contribution in [0.2, 0.25) is 0 Å². The molecule has 4 nitrogen and oxygen atoms in total. The van der Waals surface area contributed by atoms with Crippen LogP contribution in [0.3, 0.4) is 0 Å². The summed E-state index contributed by atoms with van der Waals surface area (Å²) in [7, 11) is 0. The van der Waals surface area contributed by atoms with Crippen LogP contribution in [-0.2, 0) is 0 Å². The Bertz CT molecular complexity index is 994. The highest BCUT2D eigenvalue weighted by Gasteiger charge is 2.16. The van der Waals surface area contributed by atoms with Crippen molar-refractivity contribution in [1.82, 2.24) is 5.32 Å². The molecule has 3 rings (SSSR count). The molecule has 1 aromatic carbocycles. The van der Waals surface area contributed by atoms with E-state index in [1.165, 1.54) is 4.90 Å². The summed E-state index contributed by atoms with van der Waals surface area (Å²) >= 11 is 1.73. The predicted molar refractivity (Wildman–Crippen MR) is 123 cm³/mol. The molecule has 0 bridgehead atoms. The number of hydrogen-bond acceptors (Lipinski definition) is 5. The van der Waals surface area contributed by atoms with Crippen LogP contribution in [-0.4, -0.2) is 23.5 Å². The van der Waals surface area contributed by atoms with Crippen molar-refractivity contribution in [3.63, 3.8) is 0 Å². The molecular weight excluding hydrogens is 378 g/mol. The highest BCUT2D eigenvalue weighted by atomic mass is 32.2. The van der Waals surface area contributed by atoms with E-state index >= 15 is 0 Å². The minimum absolute atomic E-state index is 0.169. The fourth-order valence-electron chi connectivity index (χ4n) is 2.89. The summed E-state index contributed by atoms with van der Waals surface area (Å²) in [5.74, 6) is 3.18. The van der Waals surface area contributed by atoms with Gasteiger partial charge in [0.1, 0.15) is 17.4 Å². The fraction of sp³-hybridized carbons (Fsp3) is 0.208. The van der Waals surface area contributed by atoms with Gasteiger partial charge in [0, 0.05) is 16.9 Å². The zero-order chi connectivity index (χ0) is 20.6. The number of allylic oxidation sites excluding steroid dienone is 3. The Morgan fingerprint density at radius 3 is 2.76 bits per heavy atom. The predicted octanol–water partition coefficient (Wildman–Crippen LogP) is 5.88. The summed E-state index contributed by atoms with van der Waals surface area (Å²) < 4.78 is 5.53. The lowest BCUT2D eigenvalue weighted by Crippen LogP contribution is -2.30. The average Bonchev–Trinajstić information content (AvgIpc) is 3.24. The summed E-state index contributed by atoms with van der Waals surface area (Å²) in [5, 5.41) is 3.36. The Morgan fingerprint density at radius 2 is 2.10 bits per heavy atom. The third-order valence-electron chi connectivity index (χ3n) is 4.24. The van der Waals surface area contributed by atoms with Crippen LogP contribution >= 0.6 is 11.8 Å². The van der Waals surface area contributed by atoms with Crippen LogP contribution in [0.15, 0.2) is 104 Å². The lowest BCUT2D eigenvalue weighted by molar-refractivity contribution is 0.553. The standard InChI is InChI=1S/C24H25N3OS/c1-5-19(15-21(17(2)3)22-12-9-13-28-22)26-23-14-18(4)25-24(27-23)16-29-20-10-7-6-8-11-20/h6-13,15,18H,1-2,14,16H2,3-4H3,(H,25,26,27)/b21-15+/t18-/m0/s1. The van der Waals surface area contributed by atoms with Crippen molar-refractivity contribution in [2.24, 2.45) is 9.98 Å². The van der Waals surface area contributed by atoms with E-state index in [9.17, 15) is 0 Å². The Balaban J connectivity index is 1.74. The summed E-state index contributed by atoms with van der Waals surface area (Å²) in [5.41, 5.74) is 5.47. The first-order valence-electron chi connectivity index (χ1n) is 9.45. The third kappa shape index (κ3) is 5.98. The quantitative estimate of drug-likeness (QED) is 0.357. The number of furan rings is 1. The van der Waals surface area contributed by atoms with Gasteiger partial charge >= 0.3 is 0 Å². The lowest BCUT2D eigenvalue weighted by Gasteiger charge is -2.19. The van der Waals surface area contributed by atoms with Crippen LogP contribution in [0.5, 0.6) is 0 Å². The molecule has 5 heteroatoms. The van der Waals surface area contributed by atoms with Gasteiger partial charge in [-0.05, 0) is 49.8 Å². The van der Waals surface area contributed by atoms with E-state index in [1.54, 1.807) is 18.0 Å². The maximum absolute atomic E-state index is 5.53. The molecule has 148 valence electrons. The SMILES string of the molecule is C=C=C(/C=C(\C(=C)C)c1ccco1)NC1=NC(CSc2ccccc2)=N[C@@H](C)C1. The highest BCUT2D eigenvalue weighted by molar-refractivity contribution is 8.00. The van der Waals surface area contributed by atoms with Gasteiger partial charge < -0.3 is 9.73 Å². The molecular formula is C24H25N3OS. The number of hydrogen-bond donors (Lipinski definition) is 1. The van der Waals surface area contributed by atoms with Crippen molar-refractivity contribution >= 4 is 29.0 Å². The number of nitrogens with zero attached hydrogens (tertiary/aromatic N) is 2. The molecule has 1 atom stereocenters. The van der Waals surface area contributed by atoms with Gasteiger partial charge in [0.05, 0.1) is 23.8 Å². The summed E-state index contributed by atoms with van der Waals surface area (Å²) in [6, 6.07) is 14.2. The molecule has 0 unspecified atom stereocenters. The van der Waals surface area contributed by atoms with E-state index in [2.05, 4.69) is 48.3 Å². The molecule has 0 radical (unpaired) electrons. The number of rotatable bonds is 7. The number of nitrogens with one attached hydrogen (secondary N) is 1. The number of amidine groups is 2. The Hall–Kier alpha value is -3.01. The van der Waals surface area contributed by atoms with Gasteiger partial charge in [0.2, 0.25) is 0 Å². The van der Waals surface area contributed by atoms with E-state index in [0.717, 1.165) is 46.4 Å². The highest BCUT2D eigenvalue weighted by Crippen LogP contribution is 2.23. The van der Waals surface area contributed by atoms with Gasteiger partial charge in [-0.25, -0.2) is 4.99 Å². The van der Waals surface area contributed by atoms with Crippen LogP contribution in [0, 0.1) is 0 Å². The Kier molecular flexibility index (Phi) is 7.12. The molecule has 1 aliphatic rings. The van der Waals surface area contributed by atoms with E-state index in [4.69, 9.17) is 9.41 Å². The summed E-state index contributed by atoms with van der Waals surface area (Å²) in [4.78, 5) is 10.6. The van der Waals surface area contributed by atoms with Crippen LogP contribution in [0.1, 0.15) is 26.0 Å². The van der Waals surface area contributed by atoms with Gasteiger partial charge in [-0.3, -0.25) is 4.99 Å². The van der Waals surface area contributed by atoms with Gasteiger partial charge in [-0.2, -0.15) is 0 Å². The maximum Gasteiger partial charge on any atom is 0.136 e. The Labute approximate surface area is 176 Å². The molecule has 0 fully saturated rings. The van der Waals surface area contributed by atoms with E-state index in [1.807, 2.05) is 43.3 Å². The van der Waals surface area contributed by atoms with Crippen molar-refractivity contribution in [3.05, 3.63) is 90.7 Å². The molecule has 2 heterocycles. The first kappa shape index (κ1) is 20.7. The molecule has 0 saturated heterocycles. The van der Waals surface area contributed by atoms with E-state index < -0.39 is 0 Å². The molecule has 0 spiro atoms. The van der Waals surface area contributed by atoms with Gasteiger partial charge in [0.25, 0.3) is 0 Å². The molecule has 1 aliphatic heterocycles. The monoisotopic (exact) mass is 403 g/mol. The normalized spacial score (nSPS) is 16.5. The summed E-state index contributed by atoms with van der Waals surface area (Å²) in [6.07, 6.45) is 4.32. The van der Waals surface area contributed by atoms with Crippen molar-refractivity contribution in [2.75, 3.05) is 5.75 Å². The molecule has 0 saturated carbocycles. The first-order chi connectivity index (χ1) is 14.0.